The number of quaternary nitrogens is 1. The molecule has 1 fully saturated rings. The molecule has 118 valence electrons. The summed E-state index contributed by atoms with van der Waals surface area (Å²) in [5.74, 6) is 0.212. The summed E-state index contributed by atoms with van der Waals surface area (Å²) >= 11 is 0. The minimum absolute atomic E-state index is 0.0659. The Bertz CT molecular complexity index is 451. The quantitative estimate of drug-likeness (QED) is 0.329. The molecule has 21 heavy (non-hydrogen) atoms. The van der Waals surface area contributed by atoms with E-state index >= 15 is 0 Å². The Morgan fingerprint density at radius 3 is 2.24 bits per heavy atom. The van der Waals surface area contributed by atoms with Gasteiger partial charge in [0.2, 0.25) is 6.29 Å². The van der Waals surface area contributed by atoms with E-state index in [1.165, 1.54) is 24.3 Å². The Hall–Kier alpha value is -1.30. The largest absolute Gasteiger partial charge is 0.595 e. The average molecular weight is 303 g/mol. The van der Waals surface area contributed by atoms with Crippen molar-refractivity contribution in [1.82, 2.24) is 0 Å². The van der Waals surface area contributed by atoms with Crippen molar-refractivity contribution < 1.29 is 40.3 Å². The van der Waals surface area contributed by atoms with E-state index in [-0.39, 0.29) is 11.4 Å². The van der Waals surface area contributed by atoms with Crippen LogP contribution in [0.25, 0.3) is 0 Å². The van der Waals surface area contributed by atoms with Gasteiger partial charge in [0.15, 0.2) is 5.69 Å². The maximum absolute atomic E-state index is 10.7. The molecule has 1 aliphatic rings. The third kappa shape index (κ3) is 3.48. The molecule has 2 rings (SSSR count). The zero-order chi connectivity index (χ0) is 15.6. The summed E-state index contributed by atoms with van der Waals surface area (Å²) in [5.41, 5.74) is 0.0659. The van der Waals surface area contributed by atoms with Gasteiger partial charge in [-0.25, -0.2) is 5.21 Å². The van der Waals surface area contributed by atoms with E-state index in [9.17, 15) is 20.5 Å². The number of aliphatic hydroxyl groups is 4. The van der Waals surface area contributed by atoms with Crippen molar-refractivity contribution in [3.8, 4) is 5.75 Å². The van der Waals surface area contributed by atoms with E-state index in [1.807, 2.05) is 0 Å². The number of nitrogens with one attached hydrogen (secondary N) is 1. The molecule has 0 saturated carbocycles. The fraction of sp³-hybridized carbons (Fsp3) is 0.500. The van der Waals surface area contributed by atoms with Crippen LogP contribution in [0.3, 0.4) is 0 Å². The first-order chi connectivity index (χ1) is 9.93. The average Bonchev–Trinajstić information content (AvgIpc) is 2.48. The maximum atomic E-state index is 10.7. The molecule has 1 saturated heterocycles. The Morgan fingerprint density at radius 1 is 1.10 bits per heavy atom. The summed E-state index contributed by atoms with van der Waals surface area (Å²) in [6, 6.07) is 5.35. The van der Waals surface area contributed by atoms with E-state index in [0.29, 0.717) is 0 Å². The number of rotatable bonds is 4. The monoisotopic (exact) mass is 303 g/mol. The van der Waals surface area contributed by atoms with Gasteiger partial charge in [0, 0.05) is 12.1 Å². The van der Waals surface area contributed by atoms with Crippen molar-refractivity contribution in [2.45, 2.75) is 30.7 Å². The summed E-state index contributed by atoms with van der Waals surface area (Å²) in [7, 11) is 0. The van der Waals surface area contributed by atoms with Crippen molar-refractivity contribution in [2.24, 2.45) is 0 Å². The van der Waals surface area contributed by atoms with Gasteiger partial charge in [-0.15, -0.1) is 0 Å². The van der Waals surface area contributed by atoms with Gasteiger partial charge in [-0.3, -0.25) is 0 Å². The van der Waals surface area contributed by atoms with Crippen molar-refractivity contribution in [3.05, 3.63) is 29.5 Å². The summed E-state index contributed by atoms with van der Waals surface area (Å²) in [5, 5.41) is 56.5. The van der Waals surface area contributed by atoms with Gasteiger partial charge >= 0.3 is 0 Å². The lowest BCUT2D eigenvalue weighted by Gasteiger charge is -2.39. The van der Waals surface area contributed by atoms with E-state index < -0.39 is 42.5 Å². The molecule has 1 aromatic carbocycles. The molecule has 6 atom stereocenters. The summed E-state index contributed by atoms with van der Waals surface area (Å²) in [6.07, 6.45) is -6.86. The predicted octanol–water partition coefficient (Wildman–Crippen LogP) is -2.73. The third-order valence-corrected chi connectivity index (χ3v) is 3.20. The van der Waals surface area contributed by atoms with Gasteiger partial charge in [-0.1, -0.05) is 0 Å². The number of ether oxygens (including phenoxy) is 2. The Balaban J connectivity index is 2.07. The van der Waals surface area contributed by atoms with Crippen LogP contribution in [0.4, 0.5) is 5.69 Å². The molecule has 9 heteroatoms. The smallest absolute Gasteiger partial charge is 0.229 e. The van der Waals surface area contributed by atoms with Crippen molar-refractivity contribution >= 4 is 5.69 Å². The van der Waals surface area contributed by atoms with E-state index in [1.54, 1.807) is 0 Å². The number of hydrogen-bond donors (Lipinski definition) is 6. The van der Waals surface area contributed by atoms with Crippen LogP contribution in [-0.2, 0) is 4.74 Å². The molecular weight excluding hydrogens is 286 g/mol. The Labute approximate surface area is 119 Å². The van der Waals surface area contributed by atoms with Gasteiger partial charge in [0.05, 0.1) is 6.61 Å². The fourth-order valence-corrected chi connectivity index (χ4v) is 1.97. The van der Waals surface area contributed by atoms with Crippen LogP contribution in [0.15, 0.2) is 24.3 Å². The van der Waals surface area contributed by atoms with Crippen molar-refractivity contribution in [3.63, 3.8) is 0 Å². The van der Waals surface area contributed by atoms with Crippen LogP contribution in [0, 0.1) is 5.21 Å². The van der Waals surface area contributed by atoms with Gasteiger partial charge in [0.25, 0.3) is 0 Å². The van der Waals surface area contributed by atoms with Crippen LogP contribution in [-0.4, -0.2) is 62.9 Å². The molecule has 1 aromatic rings. The zero-order valence-electron chi connectivity index (χ0n) is 10.9. The van der Waals surface area contributed by atoms with Crippen LogP contribution < -0.4 is 9.96 Å². The third-order valence-electron chi connectivity index (χ3n) is 3.20. The Kier molecular flexibility index (Phi) is 5.08. The second-order valence-electron chi connectivity index (χ2n) is 4.64. The zero-order valence-corrected chi connectivity index (χ0v) is 10.9. The van der Waals surface area contributed by atoms with Crippen LogP contribution in [0.1, 0.15) is 0 Å². The number of benzene rings is 1. The molecular formula is C12H17NO8. The molecule has 0 aliphatic carbocycles. The number of hydrogen-bond acceptors (Lipinski definition) is 8. The molecule has 6 unspecified atom stereocenters. The molecule has 0 aromatic heterocycles. The summed E-state index contributed by atoms with van der Waals surface area (Å²) in [6.45, 7) is -0.553. The van der Waals surface area contributed by atoms with E-state index in [2.05, 4.69) is 0 Å². The highest BCUT2D eigenvalue weighted by Gasteiger charge is 2.44. The molecule has 0 amide bonds. The standard InChI is InChI=1S/C12H17NO8/c14-5-8-9(15)10(16)11(17)12(21-8)20-7-3-1-6(2-4-7)13(18)19/h1-4,8-18H,5H2. The Morgan fingerprint density at radius 2 is 1.71 bits per heavy atom. The SMILES string of the molecule is [O-][NH+](O)c1ccc(OC2OC(CO)C(O)C(O)C2O)cc1. The highest BCUT2D eigenvalue weighted by molar-refractivity contribution is 5.35. The first-order valence-electron chi connectivity index (χ1n) is 6.24. The highest BCUT2D eigenvalue weighted by Crippen LogP contribution is 2.24. The molecule has 1 heterocycles. The van der Waals surface area contributed by atoms with Crippen LogP contribution >= 0.6 is 0 Å². The maximum Gasteiger partial charge on any atom is 0.229 e. The van der Waals surface area contributed by atoms with Crippen molar-refractivity contribution in [2.75, 3.05) is 6.61 Å². The van der Waals surface area contributed by atoms with Crippen LogP contribution in [0.2, 0.25) is 0 Å². The predicted molar refractivity (Wildman–Crippen MR) is 66.6 cm³/mol. The second-order valence-corrected chi connectivity index (χ2v) is 4.64. The van der Waals surface area contributed by atoms with E-state index in [0.717, 1.165) is 0 Å². The molecule has 9 nitrogen and oxygen atoms in total. The molecule has 0 radical (unpaired) electrons. The molecule has 6 N–H and O–H groups in total. The van der Waals surface area contributed by atoms with Crippen molar-refractivity contribution in [1.29, 1.82) is 0 Å². The lowest BCUT2D eigenvalue weighted by molar-refractivity contribution is -0.991. The topological polar surface area (TPSA) is 147 Å². The summed E-state index contributed by atoms with van der Waals surface area (Å²) in [4.78, 5) is 0. The van der Waals surface area contributed by atoms with E-state index in [4.69, 9.17) is 19.8 Å². The summed E-state index contributed by atoms with van der Waals surface area (Å²) < 4.78 is 10.5. The highest BCUT2D eigenvalue weighted by atomic mass is 16.8. The van der Waals surface area contributed by atoms with Gasteiger partial charge in [-0.2, -0.15) is 5.23 Å². The van der Waals surface area contributed by atoms with Gasteiger partial charge < -0.3 is 35.1 Å². The fourth-order valence-electron chi connectivity index (χ4n) is 1.97. The lowest BCUT2D eigenvalue weighted by atomic mass is 9.99. The first kappa shape index (κ1) is 16.1. The lowest BCUT2D eigenvalue weighted by Crippen LogP contribution is -2.99. The molecule has 1 aliphatic heterocycles. The van der Waals surface area contributed by atoms with Gasteiger partial charge in [0.1, 0.15) is 30.2 Å². The minimum Gasteiger partial charge on any atom is -0.595 e. The molecule has 0 spiro atoms. The first-order valence-corrected chi connectivity index (χ1v) is 6.24. The van der Waals surface area contributed by atoms with Gasteiger partial charge in [-0.05, 0) is 12.1 Å². The number of aliphatic hydroxyl groups excluding tert-OH is 4. The van der Waals surface area contributed by atoms with Crippen LogP contribution in [0.5, 0.6) is 5.75 Å². The molecule has 0 bridgehead atoms. The second kappa shape index (κ2) is 6.64. The minimum atomic E-state index is -1.53. The normalized spacial score (nSPS) is 34.5.